The standard InChI is InChI=1S/C13H20N2O2S2/c1-8(2)15-13(11(16)17,10-4-5-10)7-19-12-14-9(3)6-18-12/h6,8,10,15H,4-5,7H2,1-3H3,(H,16,17). The van der Waals surface area contributed by atoms with Gasteiger partial charge < -0.3 is 5.11 Å². The highest BCUT2D eigenvalue weighted by molar-refractivity contribution is 8.01. The molecule has 1 heterocycles. The van der Waals surface area contributed by atoms with E-state index in [4.69, 9.17) is 0 Å². The molecular weight excluding hydrogens is 280 g/mol. The van der Waals surface area contributed by atoms with Gasteiger partial charge in [0.05, 0.1) is 0 Å². The first-order valence-corrected chi connectivity index (χ1v) is 8.36. The van der Waals surface area contributed by atoms with Crippen LogP contribution in [0.3, 0.4) is 0 Å². The van der Waals surface area contributed by atoms with E-state index >= 15 is 0 Å². The van der Waals surface area contributed by atoms with Crippen LogP contribution in [0.15, 0.2) is 9.72 Å². The molecule has 2 N–H and O–H groups in total. The number of carboxylic acids is 1. The fourth-order valence-electron chi connectivity index (χ4n) is 2.24. The van der Waals surface area contributed by atoms with E-state index in [-0.39, 0.29) is 12.0 Å². The third-order valence-electron chi connectivity index (χ3n) is 3.22. The van der Waals surface area contributed by atoms with Gasteiger partial charge in [0, 0.05) is 22.9 Å². The van der Waals surface area contributed by atoms with Crippen LogP contribution in [-0.4, -0.2) is 33.4 Å². The highest BCUT2D eigenvalue weighted by Crippen LogP contribution is 2.43. The van der Waals surface area contributed by atoms with E-state index in [2.05, 4.69) is 10.3 Å². The molecule has 1 aromatic heterocycles. The monoisotopic (exact) mass is 300 g/mol. The Labute approximate surface area is 122 Å². The summed E-state index contributed by atoms with van der Waals surface area (Å²) in [7, 11) is 0. The van der Waals surface area contributed by atoms with Crippen molar-refractivity contribution in [1.82, 2.24) is 10.3 Å². The molecule has 1 saturated carbocycles. The van der Waals surface area contributed by atoms with Crippen LogP contribution in [0.4, 0.5) is 0 Å². The number of aliphatic carboxylic acids is 1. The maximum Gasteiger partial charge on any atom is 0.325 e. The summed E-state index contributed by atoms with van der Waals surface area (Å²) in [6.45, 7) is 5.95. The van der Waals surface area contributed by atoms with Gasteiger partial charge in [-0.25, -0.2) is 4.98 Å². The van der Waals surface area contributed by atoms with Gasteiger partial charge in [0.1, 0.15) is 9.88 Å². The lowest BCUT2D eigenvalue weighted by molar-refractivity contribution is -0.145. The van der Waals surface area contributed by atoms with Crippen molar-refractivity contribution in [3.8, 4) is 0 Å². The lowest BCUT2D eigenvalue weighted by atomic mass is 9.94. The zero-order valence-corrected chi connectivity index (χ0v) is 13.1. The van der Waals surface area contributed by atoms with Gasteiger partial charge in [-0.15, -0.1) is 11.3 Å². The smallest absolute Gasteiger partial charge is 0.325 e. The summed E-state index contributed by atoms with van der Waals surface area (Å²) in [5.74, 6) is 0.0587. The number of aromatic nitrogens is 1. The first-order valence-electron chi connectivity index (χ1n) is 6.50. The summed E-state index contributed by atoms with van der Waals surface area (Å²) in [5.41, 5.74) is 0.190. The molecule has 0 spiro atoms. The first kappa shape index (κ1) is 14.8. The first-order chi connectivity index (χ1) is 8.94. The molecule has 106 valence electrons. The van der Waals surface area contributed by atoms with Crippen molar-refractivity contribution in [3.63, 3.8) is 0 Å². The van der Waals surface area contributed by atoms with Gasteiger partial charge in [-0.05, 0) is 39.5 Å². The molecule has 0 bridgehead atoms. The molecule has 0 aromatic carbocycles. The van der Waals surface area contributed by atoms with Gasteiger partial charge in [0.2, 0.25) is 0 Å². The van der Waals surface area contributed by atoms with Crippen LogP contribution in [0, 0.1) is 12.8 Å². The van der Waals surface area contributed by atoms with Crippen LogP contribution in [-0.2, 0) is 4.79 Å². The number of hydrogen-bond acceptors (Lipinski definition) is 5. The minimum atomic E-state index is -0.807. The second-order valence-corrected chi connectivity index (χ2v) is 7.47. The summed E-state index contributed by atoms with van der Waals surface area (Å²) in [4.78, 5) is 16.2. The lowest BCUT2D eigenvalue weighted by Crippen LogP contribution is -2.58. The molecule has 1 atom stereocenters. The van der Waals surface area contributed by atoms with Gasteiger partial charge in [-0.1, -0.05) is 11.8 Å². The van der Waals surface area contributed by atoms with Crippen LogP contribution in [0.25, 0.3) is 0 Å². The predicted octanol–water partition coefficient (Wildman–Crippen LogP) is 2.78. The normalized spacial score (nSPS) is 18.5. The molecule has 1 fully saturated rings. The van der Waals surface area contributed by atoms with E-state index in [0.29, 0.717) is 5.75 Å². The Bertz CT molecular complexity index is 457. The molecule has 1 aliphatic rings. The second kappa shape index (κ2) is 5.81. The summed E-state index contributed by atoms with van der Waals surface area (Å²) >= 11 is 3.14. The zero-order chi connectivity index (χ0) is 14.0. The minimum absolute atomic E-state index is 0.162. The fourth-order valence-corrected chi connectivity index (χ4v) is 4.36. The Morgan fingerprint density at radius 2 is 2.37 bits per heavy atom. The maximum atomic E-state index is 11.8. The Morgan fingerprint density at radius 1 is 1.68 bits per heavy atom. The minimum Gasteiger partial charge on any atom is -0.480 e. The number of carbonyl (C=O) groups is 1. The van der Waals surface area contributed by atoms with Gasteiger partial charge in [-0.2, -0.15) is 0 Å². The summed E-state index contributed by atoms with van der Waals surface area (Å²) < 4.78 is 0.953. The number of nitrogens with one attached hydrogen (secondary N) is 1. The molecule has 0 aliphatic heterocycles. The lowest BCUT2D eigenvalue weighted by Gasteiger charge is -2.32. The van der Waals surface area contributed by atoms with Gasteiger partial charge in [0.25, 0.3) is 0 Å². The van der Waals surface area contributed by atoms with Crippen molar-refractivity contribution >= 4 is 29.1 Å². The number of nitrogens with zero attached hydrogens (tertiary/aromatic N) is 1. The van der Waals surface area contributed by atoms with Crippen LogP contribution in [0.5, 0.6) is 0 Å². The number of hydrogen-bond donors (Lipinski definition) is 2. The molecule has 0 saturated heterocycles. The topological polar surface area (TPSA) is 62.2 Å². The van der Waals surface area contributed by atoms with Gasteiger partial charge in [0.15, 0.2) is 0 Å². The van der Waals surface area contributed by atoms with Crippen LogP contribution >= 0.6 is 23.1 Å². The molecule has 19 heavy (non-hydrogen) atoms. The number of thiazole rings is 1. The largest absolute Gasteiger partial charge is 0.480 e. The molecule has 1 aliphatic carbocycles. The third kappa shape index (κ3) is 3.49. The molecule has 1 aromatic rings. The number of aryl methyl sites for hydroxylation is 1. The van der Waals surface area contributed by atoms with Gasteiger partial charge >= 0.3 is 5.97 Å². The van der Waals surface area contributed by atoms with Crippen molar-refractivity contribution in [2.24, 2.45) is 5.92 Å². The average Bonchev–Trinajstić information content (AvgIpc) is 3.08. The zero-order valence-electron chi connectivity index (χ0n) is 11.5. The SMILES string of the molecule is Cc1csc(SCC(NC(C)C)(C(=O)O)C2CC2)n1. The second-order valence-electron chi connectivity index (χ2n) is 5.39. The van der Waals surface area contributed by atoms with Crippen LogP contribution in [0.1, 0.15) is 32.4 Å². The quantitative estimate of drug-likeness (QED) is 0.758. The van der Waals surface area contributed by atoms with E-state index in [9.17, 15) is 9.90 Å². The van der Waals surface area contributed by atoms with E-state index in [0.717, 1.165) is 22.9 Å². The van der Waals surface area contributed by atoms with E-state index in [1.165, 1.54) is 0 Å². The molecule has 4 nitrogen and oxygen atoms in total. The van der Waals surface area contributed by atoms with Crippen molar-refractivity contribution in [3.05, 3.63) is 11.1 Å². The van der Waals surface area contributed by atoms with Crippen molar-refractivity contribution in [2.45, 2.75) is 49.5 Å². The van der Waals surface area contributed by atoms with Crippen molar-refractivity contribution < 1.29 is 9.90 Å². The molecule has 0 amide bonds. The van der Waals surface area contributed by atoms with Gasteiger partial charge in [-0.3, -0.25) is 10.1 Å². The highest BCUT2D eigenvalue weighted by atomic mass is 32.2. The third-order valence-corrected chi connectivity index (χ3v) is 5.56. The molecule has 2 rings (SSSR count). The van der Waals surface area contributed by atoms with Crippen LogP contribution in [0.2, 0.25) is 0 Å². The number of carboxylic acid groups (broad SMARTS) is 1. The van der Waals surface area contributed by atoms with Crippen molar-refractivity contribution in [2.75, 3.05) is 5.75 Å². The van der Waals surface area contributed by atoms with Crippen molar-refractivity contribution in [1.29, 1.82) is 0 Å². The van der Waals surface area contributed by atoms with E-state index in [1.807, 2.05) is 26.2 Å². The Hall–Kier alpha value is -0.590. The number of thioether (sulfide) groups is 1. The average molecular weight is 300 g/mol. The molecular formula is C13H20N2O2S2. The number of rotatable bonds is 7. The highest BCUT2D eigenvalue weighted by Gasteiger charge is 2.51. The van der Waals surface area contributed by atoms with Crippen LogP contribution < -0.4 is 5.32 Å². The Kier molecular flexibility index (Phi) is 4.53. The van der Waals surface area contributed by atoms with E-state index in [1.54, 1.807) is 23.1 Å². The molecule has 6 heteroatoms. The summed E-state index contributed by atoms with van der Waals surface area (Å²) in [6.07, 6.45) is 2.01. The predicted molar refractivity (Wildman–Crippen MR) is 78.9 cm³/mol. The molecule has 1 unspecified atom stereocenters. The summed E-state index contributed by atoms with van der Waals surface area (Å²) in [6, 6.07) is 0.162. The van der Waals surface area contributed by atoms with E-state index < -0.39 is 11.5 Å². The summed E-state index contributed by atoms with van der Waals surface area (Å²) in [5, 5.41) is 15.0. The fraction of sp³-hybridized carbons (Fsp3) is 0.692. The Morgan fingerprint density at radius 3 is 2.79 bits per heavy atom. The maximum absolute atomic E-state index is 11.8. The Balaban J connectivity index is 2.10. The molecule has 0 radical (unpaired) electrons.